The Morgan fingerprint density at radius 2 is 2.11 bits per heavy atom. The maximum Gasteiger partial charge on any atom is 0.262 e. The van der Waals surface area contributed by atoms with E-state index in [1.807, 2.05) is 31.2 Å². The zero-order valence-corrected chi connectivity index (χ0v) is 16.9. The van der Waals surface area contributed by atoms with Crippen molar-refractivity contribution in [2.75, 3.05) is 0 Å². The van der Waals surface area contributed by atoms with E-state index < -0.39 is 0 Å². The number of fused-ring (bicyclic) bond motifs is 1. The first-order chi connectivity index (χ1) is 13.4. The molecule has 0 saturated heterocycles. The monoisotopic (exact) mass is 413 g/mol. The number of amides is 1. The second-order valence-corrected chi connectivity index (χ2v) is 7.36. The quantitative estimate of drug-likeness (QED) is 0.468. The largest absolute Gasteiger partial charge is 0.349 e. The van der Waals surface area contributed by atoms with Gasteiger partial charge in [-0.3, -0.25) is 14.2 Å². The van der Waals surface area contributed by atoms with Gasteiger partial charge < -0.3 is 10.3 Å². The number of nitrogens with zero attached hydrogens (tertiary/aromatic N) is 1. The van der Waals surface area contributed by atoms with Crippen LogP contribution in [0.25, 0.3) is 10.9 Å². The lowest BCUT2D eigenvalue weighted by atomic mass is 10.1. The van der Waals surface area contributed by atoms with Crippen LogP contribution in [0.15, 0.2) is 59.9 Å². The van der Waals surface area contributed by atoms with Gasteiger partial charge in [0.05, 0.1) is 10.9 Å². The van der Waals surface area contributed by atoms with E-state index in [2.05, 4.69) is 16.9 Å². The van der Waals surface area contributed by atoms with E-state index in [1.54, 1.807) is 24.3 Å². The predicted molar refractivity (Wildman–Crippen MR) is 116 cm³/mol. The molecule has 144 valence electrons. The number of aromatic nitrogens is 2. The Kier molecular flexibility index (Phi) is 6.11. The molecular weight excluding hydrogens is 394 g/mol. The van der Waals surface area contributed by atoms with Crippen LogP contribution in [0.5, 0.6) is 0 Å². The number of carbonyl (C=O) groups is 1. The third kappa shape index (κ3) is 4.24. The van der Waals surface area contributed by atoms with E-state index in [-0.39, 0.29) is 17.5 Å². The van der Waals surface area contributed by atoms with E-state index in [9.17, 15) is 9.59 Å². The van der Waals surface area contributed by atoms with Crippen molar-refractivity contribution >= 4 is 40.6 Å². The minimum absolute atomic E-state index is 0.109. The van der Waals surface area contributed by atoms with Gasteiger partial charge in [-0.2, -0.15) is 0 Å². The van der Waals surface area contributed by atoms with E-state index in [0.717, 1.165) is 5.56 Å². The number of H-pyrrole nitrogens is 1. The molecular formula is C21H20ClN3O2S. The molecule has 0 saturated carbocycles. The molecule has 0 aliphatic rings. The topological polar surface area (TPSA) is 66.9 Å². The van der Waals surface area contributed by atoms with Crippen molar-refractivity contribution in [2.45, 2.75) is 25.9 Å². The van der Waals surface area contributed by atoms with Gasteiger partial charge in [-0.1, -0.05) is 35.9 Å². The average molecular weight is 414 g/mol. The number of allylic oxidation sites excluding steroid dienone is 1. The predicted octanol–water partition coefficient (Wildman–Crippen LogP) is 4.26. The molecule has 1 atom stereocenters. The number of halogens is 1. The normalized spacial score (nSPS) is 11.9. The summed E-state index contributed by atoms with van der Waals surface area (Å²) in [4.78, 5) is 28.2. The molecule has 2 N–H and O–H groups in total. The van der Waals surface area contributed by atoms with E-state index >= 15 is 0 Å². The summed E-state index contributed by atoms with van der Waals surface area (Å²) < 4.78 is 1.72. The Labute approximate surface area is 172 Å². The zero-order valence-electron chi connectivity index (χ0n) is 15.4. The molecule has 0 spiro atoms. The lowest BCUT2D eigenvalue weighted by molar-refractivity contribution is 0.0940. The van der Waals surface area contributed by atoms with Gasteiger partial charge >= 0.3 is 0 Å². The van der Waals surface area contributed by atoms with Crippen molar-refractivity contribution in [3.05, 3.63) is 86.4 Å². The molecule has 7 heteroatoms. The van der Waals surface area contributed by atoms with Gasteiger partial charge in [-0.05, 0) is 55.4 Å². The fourth-order valence-electron chi connectivity index (χ4n) is 3.04. The third-order valence-corrected chi connectivity index (χ3v) is 5.11. The molecule has 5 nitrogen and oxygen atoms in total. The van der Waals surface area contributed by atoms with Gasteiger partial charge in [0, 0.05) is 23.2 Å². The average Bonchev–Trinajstić information content (AvgIpc) is 2.66. The summed E-state index contributed by atoms with van der Waals surface area (Å²) in [6.07, 6.45) is 2.23. The molecule has 1 amide bonds. The Morgan fingerprint density at radius 3 is 2.82 bits per heavy atom. The summed E-state index contributed by atoms with van der Waals surface area (Å²) in [6, 6.07) is 12.4. The van der Waals surface area contributed by atoms with Crippen LogP contribution >= 0.6 is 23.8 Å². The highest BCUT2D eigenvalue weighted by molar-refractivity contribution is 7.71. The Balaban J connectivity index is 1.83. The van der Waals surface area contributed by atoms with Crippen molar-refractivity contribution in [1.29, 1.82) is 0 Å². The van der Waals surface area contributed by atoms with Gasteiger partial charge in [0.25, 0.3) is 11.5 Å². The number of nitrogens with one attached hydrogen (secondary N) is 2. The number of benzene rings is 2. The molecule has 3 rings (SSSR count). The molecule has 0 aliphatic heterocycles. The van der Waals surface area contributed by atoms with Crippen LogP contribution in [0, 0.1) is 4.77 Å². The van der Waals surface area contributed by atoms with Crippen molar-refractivity contribution in [3.8, 4) is 0 Å². The minimum Gasteiger partial charge on any atom is -0.349 e. The summed E-state index contributed by atoms with van der Waals surface area (Å²) in [6.45, 7) is 5.88. The highest BCUT2D eigenvalue weighted by Gasteiger charge is 2.13. The second kappa shape index (κ2) is 8.54. The van der Waals surface area contributed by atoms with Crippen LogP contribution < -0.4 is 10.9 Å². The number of hydrogen-bond acceptors (Lipinski definition) is 3. The molecule has 0 radical (unpaired) electrons. The Morgan fingerprint density at radius 1 is 1.36 bits per heavy atom. The van der Waals surface area contributed by atoms with Crippen molar-refractivity contribution in [3.63, 3.8) is 0 Å². The summed E-state index contributed by atoms with van der Waals surface area (Å²) in [5.74, 6) is -0.226. The van der Waals surface area contributed by atoms with Crippen LogP contribution in [0.4, 0.5) is 0 Å². The molecule has 0 fully saturated rings. The lowest BCUT2D eigenvalue weighted by Gasteiger charge is -2.15. The number of hydrogen-bond donors (Lipinski definition) is 2. The van der Waals surface area contributed by atoms with E-state index in [1.165, 1.54) is 4.57 Å². The standard InChI is InChI=1S/C21H20ClN3O2S/c1-3-10-25-20(27)16-9-8-15(12-18(16)24-21(25)28)19(26)23-13(2)11-14-6-4-5-7-17(14)22/h3-9,12-13H,1,10-11H2,2H3,(H,23,26)(H,24,28)/t13-/m0/s1. The fraction of sp³-hybridized carbons (Fsp3) is 0.190. The molecule has 0 unspecified atom stereocenters. The number of aromatic amines is 1. The number of carbonyl (C=O) groups excluding carboxylic acids is 1. The SMILES string of the molecule is C=CCn1c(=S)[nH]c2cc(C(=O)N[C@@H](C)Cc3ccccc3Cl)ccc2c1=O. The Bertz CT molecular complexity index is 1170. The third-order valence-electron chi connectivity index (χ3n) is 4.42. The molecule has 3 aromatic rings. The highest BCUT2D eigenvalue weighted by Crippen LogP contribution is 2.17. The molecule has 0 bridgehead atoms. The second-order valence-electron chi connectivity index (χ2n) is 6.56. The van der Waals surface area contributed by atoms with Crippen LogP contribution in [0.2, 0.25) is 5.02 Å². The van der Waals surface area contributed by atoms with Crippen LogP contribution in [-0.4, -0.2) is 21.5 Å². The summed E-state index contributed by atoms with van der Waals surface area (Å²) >= 11 is 11.4. The van der Waals surface area contributed by atoms with Crippen LogP contribution in [-0.2, 0) is 13.0 Å². The van der Waals surface area contributed by atoms with Crippen LogP contribution in [0.3, 0.4) is 0 Å². The van der Waals surface area contributed by atoms with Crippen molar-refractivity contribution in [2.24, 2.45) is 0 Å². The first-order valence-electron chi connectivity index (χ1n) is 8.82. The molecule has 2 aromatic carbocycles. The van der Waals surface area contributed by atoms with Crippen LogP contribution in [0.1, 0.15) is 22.8 Å². The Hall–Kier alpha value is -2.70. The molecule has 1 aromatic heterocycles. The fourth-order valence-corrected chi connectivity index (χ4v) is 3.52. The van der Waals surface area contributed by atoms with Gasteiger partial charge in [-0.25, -0.2) is 0 Å². The maximum absolute atomic E-state index is 12.6. The summed E-state index contributed by atoms with van der Waals surface area (Å²) in [5, 5.41) is 4.11. The maximum atomic E-state index is 12.6. The van der Waals surface area contributed by atoms with Gasteiger partial charge in [0.1, 0.15) is 0 Å². The molecule has 1 heterocycles. The first kappa shape index (κ1) is 20.0. The van der Waals surface area contributed by atoms with E-state index in [0.29, 0.717) is 39.2 Å². The highest BCUT2D eigenvalue weighted by atomic mass is 35.5. The van der Waals surface area contributed by atoms with Gasteiger partial charge in [0.2, 0.25) is 0 Å². The first-order valence-corrected chi connectivity index (χ1v) is 9.61. The number of rotatable bonds is 6. The van der Waals surface area contributed by atoms with E-state index in [4.69, 9.17) is 23.8 Å². The summed E-state index contributed by atoms with van der Waals surface area (Å²) in [7, 11) is 0. The molecule has 0 aliphatic carbocycles. The zero-order chi connectivity index (χ0) is 20.3. The van der Waals surface area contributed by atoms with Crippen molar-refractivity contribution in [1.82, 2.24) is 14.9 Å². The summed E-state index contributed by atoms with van der Waals surface area (Å²) in [5.41, 5.74) is 1.74. The smallest absolute Gasteiger partial charge is 0.262 e. The molecule has 28 heavy (non-hydrogen) atoms. The lowest BCUT2D eigenvalue weighted by Crippen LogP contribution is -2.34. The minimum atomic E-state index is -0.226. The van der Waals surface area contributed by atoms with Gasteiger partial charge in [-0.15, -0.1) is 6.58 Å². The van der Waals surface area contributed by atoms with Gasteiger partial charge in [0.15, 0.2) is 4.77 Å². The van der Waals surface area contributed by atoms with Crippen molar-refractivity contribution < 1.29 is 4.79 Å².